The molecule has 14 heavy (non-hydrogen) atoms. The molecule has 2 atom stereocenters. The number of aliphatic hydroxyl groups is 2. The number of rotatable bonds is 4. The van der Waals surface area contributed by atoms with Gasteiger partial charge in [0, 0.05) is 18.0 Å². The molecule has 78 valence electrons. The van der Waals surface area contributed by atoms with E-state index in [2.05, 4.69) is 9.97 Å². The summed E-state index contributed by atoms with van der Waals surface area (Å²) in [6, 6.07) is 0. The highest BCUT2D eigenvalue weighted by molar-refractivity contribution is 5.08. The Morgan fingerprint density at radius 2 is 2.29 bits per heavy atom. The molecule has 0 radical (unpaired) electrons. The van der Waals surface area contributed by atoms with Gasteiger partial charge in [-0.1, -0.05) is 0 Å². The number of hydrogen-bond donors (Lipinski definition) is 4. The van der Waals surface area contributed by atoms with Crippen molar-refractivity contribution in [3.05, 3.63) is 28.4 Å². The molecule has 0 amide bonds. The number of nitrogens with zero attached hydrogens (tertiary/aromatic N) is 1. The van der Waals surface area contributed by atoms with Gasteiger partial charge in [0.25, 0.3) is 0 Å². The van der Waals surface area contributed by atoms with E-state index in [-0.39, 0.29) is 6.54 Å². The van der Waals surface area contributed by atoms with Crippen LogP contribution in [0.4, 0.5) is 0 Å². The maximum atomic E-state index is 10.6. The monoisotopic (exact) mass is 199 g/mol. The molecule has 6 heteroatoms. The second kappa shape index (κ2) is 4.85. The Morgan fingerprint density at radius 1 is 1.57 bits per heavy atom. The number of nitrogens with one attached hydrogen (secondary N) is 1. The third-order valence-corrected chi connectivity index (χ3v) is 1.86. The molecule has 1 rings (SSSR count). The molecule has 0 aliphatic rings. The fourth-order valence-corrected chi connectivity index (χ4v) is 1.07. The molecule has 5 N–H and O–H groups in total. The van der Waals surface area contributed by atoms with Crippen molar-refractivity contribution in [1.82, 2.24) is 9.97 Å². The molecule has 0 spiro atoms. The van der Waals surface area contributed by atoms with Crippen molar-refractivity contribution in [3.8, 4) is 0 Å². The van der Waals surface area contributed by atoms with Gasteiger partial charge in [-0.25, -0.2) is 9.78 Å². The zero-order valence-electron chi connectivity index (χ0n) is 7.55. The molecule has 0 saturated heterocycles. The van der Waals surface area contributed by atoms with Crippen LogP contribution in [0, 0.1) is 0 Å². The predicted octanol–water partition coefficient (Wildman–Crippen LogP) is -1.49. The van der Waals surface area contributed by atoms with Crippen LogP contribution in [0.25, 0.3) is 0 Å². The van der Waals surface area contributed by atoms with Crippen molar-refractivity contribution < 1.29 is 10.2 Å². The Kier molecular flexibility index (Phi) is 3.75. The van der Waals surface area contributed by atoms with Crippen LogP contribution >= 0.6 is 0 Å². The van der Waals surface area contributed by atoms with E-state index in [1.54, 1.807) is 0 Å². The minimum atomic E-state index is -1.07. The standard InChI is InChI=1S/C8H13N3O3/c9-2-1-6(12)7(13)5-3-10-8(14)11-4-5/h3-4,6-7,12-13H,1-2,9H2,(H,10,11,14). The van der Waals surface area contributed by atoms with Crippen LogP contribution in [0.15, 0.2) is 17.2 Å². The van der Waals surface area contributed by atoms with Crippen molar-refractivity contribution in [3.63, 3.8) is 0 Å². The number of hydrogen-bond acceptors (Lipinski definition) is 5. The minimum Gasteiger partial charge on any atom is -0.390 e. The SMILES string of the molecule is NCCC(O)C(O)c1cnc(=O)[nH]c1. The van der Waals surface area contributed by atoms with Gasteiger partial charge in [-0.15, -0.1) is 0 Å². The van der Waals surface area contributed by atoms with E-state index >= 15 is 0 Å². The van der Waals surface area contributed by atoms with Crippen LogP contribution in [-0.2, 0) is 0 Å². The lowest BCUT2D eigenvalue weighted by molar-refractivity contribution is 0.0146. The number of aromatic nitrogens is 2. The number of aliphatic hydroxyl groups excluding tert-OH is 2. The van der Waals surface area contributed by atoms with Crippen molar-refractivity contribution in [1.29, 1.82) is 0 Å². The largest absolute Gasteiger partial charge is 0.390 e. The average molecular weight is 199 g/mol. The summed E-state index contributed by atoms with van der Waals surface area (Å²) in [6.45, 7) is 0.287. The van der Waals surface area contributed by atoms with Gasteiger partial charge in [0.05, 0.1) is 6.10 Å². The van der Waals surface area contributed by atoms with Crippen LogP contribution < -0.4 is 11.4 Å². The highest BCUT2D eigenvalue weighted by Crippen LogP contribution is 2.15. The molecule has 1 aromatic heterocycles. The fourth-order valence-electron chi connectivity index (χ4n) is 1.07. The van der Waals surface area contributed by atoms with E-state index in [1.165, 1.54) is 12.4 Å². The topological polar surface area (TPSA) is 112 Å². The molecule has 0 saturated carbocycles. The summed E-state index contributed by atoms with van der Waals surface area (Å²) in [7, 11) is 0. The summed E-state index contributed by atoms with van der Waals surface area (Å²) < 4.78 is 0. The predicted molar refractivity (Wildman–Crippen MR) is 49.5 cm³/mol. The Morgan fingerprint density at radius 3 is 2.79 bits per heavy atom. The zero-order chi connectivity index (χ0) is 10.6. The van der Waals surface area contributed by atoms with E-state index in [0.717, 1.165) is 0 Å². The summed E-state index contributed by atoms with van der Waals surface area (Å²) in [5.41, 5.74) is 5.10. The first-order valence-corrected chi connectivity index (χ1v) is 4.26. The third kappa shape index (κ3) is 2.63. The van der Waals surface area contributed by atoms with E-state index in [9.17, 15) is 15.0 Å². The molecule has 0 aromatic carbocycles. The second-order valence-corrected chi connectivity index (χ2v) is 2.94. The first kappa shape index (κ1) is 10.8. The van der Waals surface area contributed by atoms with Crippen molar-refractivity contribution in [2.24, 2.45) is 5.73 Å². The van der Waals surface area contributed by atoms with E-state index in [4.69, 9.17) is 5.73 Å². The average Bonchev–Trinajstić information content (AvgIpc) is 2.18. The van der Waals surface area contributed by atoms with Gasteiger partial charge in [-0.2, -0.15) is 0 Å². The highest BCUT2D eigenvalue weighted by Gasteiger charge is 2.17. The number of nitrogens with two attached hydrogens (primary N) is 1. The van der Waals surface area contributed by atoms with Crippen molar-refractivity contribution in [2.45, 2.75) is 18.6 Å². The summed E-state index contributed by atoms with van der Waals surface area (Å²) in [5, 5.41) is 18.9. The first-order chi connectivity index (χ1) is 6.65. The Bertz CT molecular complexity index is 318. The second-order valence-electron chi connectivity index (χ2n) is 2.94. The first-order valence-electron chi connectivity index (χ1n) is 4.26. The minimum absolute atomic E-state index is 0.287. The quantitative estimate of drug-likeness (QED) is 0.472. The lowest BCUT2D eigenvalue weighted by Crippen LogP contribution is -2.23. The molecular weight excluding hydrogens is 186 g/mol. The molecule has 1 heterocycles. The number of aromatic amines is 1. The molecule has 0 bridgehead atoms. The van der Waals surface area contributed by atoms with Gasteiger partial charge in [0.15, 0.2) is 0 Å². The molecule has 0 aliphatic heterocycles. The molecule has 6 nitrogen and oxygen atoms in total. The molecule has 1 aromatic rings. The van der Waals surface area contributed by atoms with Gasteiger partial charge in [-0.05, 0) is 13.0 Å². The maximum Gasteiger partial charge on any atom is 0.344 e. The lowest BCUT2D eigenvalue weighted by atomic mass is 10.1. The molecule has 0 aliphatic carbocycles. The van der Waals surface area contributed by atoms with E-state index < -0.39 is 17.9 Å². The van der Waals surface area contributed by atoms with Crippen LogP contribution in [0.3, 0.4) is 0 Å². The number of H-pyrrole nitrogens is 1. The van der Waals surface area contributed by atoms with Gasteiger partial charge in [0.1, 0.15) is 6.10 Å². The van der Waals surface area contributed by atoms with Gasteiger partial charge >= 0.3 is 5.69 Å². The summed E-state index contributed by atoms with van der Waals surface area (Å²) in [6.07, 6.45) is 0.833. The fraction of sp³-hybridized carbons (Fsp3) is 0.500. The molecule has 0 fully saturated rings. The smallest absolute Gasteiger partial charge is 0.344 e. The summed E-state index contributed by atoms with van der Waals surface area (Å²) >= 11 is 0. The van der Waals surface area contributed by atoms with Crippen LogP contribution in [-0.4, -0.2) is 32.8 Å². The maximum absolute atomic E-state index is 10.6. The van der Waals surface area contributed by atoms with Crippen LogP contribution in [0.2, 0.25) is 0 Å². The van der Waals surface area contributed by atoms with Crippen molar-refractivity contribution >= 4 is 0 Å². The molecule has 2 unspecified atom stereocenters. The Hall–Kier alpha value is -1.24. The molecular formula is C8H13N3O3. The van der Waals surface area contributed by atoms with E-state index in [0.29, 0.717) is 12.0 Å². The lowest BCUT2D eigenvalue weighted by Gasteiger charge is -2.16. The Balaban J connectivity index is 2.73. The van der Waals surface area contributed by atoms with E-state index in [1.807, 2.05) is 0 Å². The van der Waals surface area contributed by atoms with Gasteiger partial charge in [-0.3, -0.25) is 0 Å². The highest BCUT2D eigenvalue weighted by atomic mass is 16.3. The van der Waals surface area contributed by atoms with Crippen LogP contribution in [0.5, 0.6) is 0 Å². The van der Waals surface area contributed by atoms with Crippen molar-refractivity contribution in [2.75, 3.05) is 6.54 Å². The normalized spacial score (nSPS) is 15.1. The van der Waals surface area contributed by atoms with Gasteiger partial charge < -0.3 is 20.9 Å². The van der Waals surface area contributed by atoms with Crippen LogP contribution in [0.1, 0.15) is 18.1 Å². The zero-order valence-corrected chi connectivity index (χ0v) is 7.55. The summed E-state index contributed by atoms with van der Waals surface area (Å²) in [5.74, 6) is 0. The Labute approximate surface area is 80.4 Å². The van der Waals surface area contributed by atoms with Gasteiger partial charge in [0.2, 0.25) is 0 Å². The third-order valence-electron chi connectivity index (χ3n) is 1.86. The summed E-state index contributed by atoms with van der Waals surface area (Å²) in [4.78, 5) is 16.3.